The monoisotopic (exact) mass is 241 g/mol. The Morgan fingerprint density at radius 2 is 2.17 bits per heavy atom. The molecule has 0 aliphatic heterocycles. The van der Waals surface area contributed by atoms with Crippen LogP contribution in [-0.2, 0) is 7.05 Å². The molecule has 3 aromatic rings. The molecule has 2 N–H and O–H groups in total. The van der Waals surface area contributed by atoms with Gasteiger partial charge in [0.25, 0.3) is 0 Å². The van der Waals surface area contributed by atoms with Gasteiger partial charge in [0.15, 0.2) is 0 Å². The van der Waals surface area contributed by atoms with Crippen molar-refractivity contribution in [2.24, 2.45) is 12.8 Å². The van der Waals surface area contributed by atoms with E-state index in [1.165, 1.54) is 5.56 Å². The summed E-state index contributed by atoms with van der Waals surface area (Å²) < 4.78 is 7.69. The second-order valence-electron chi connectivity index (χ2n) is 4.56. The van der Waals surface area contributed by atoms with Crippen molar-refractivity contribution in [1.29, 1.82) is 0 Å². The van der Waals surface area contributed by atoms with Crippen molar-refractivity contribution in [3.05, 3.63) is 53.8 Å². The van der Waals surface area contributed by atoms with Crippen LogP contribution in [0.25, 0.3) is 11.0 Å². The maximum Gasteiger partial charge on any atom is 0.134 e. The highest BCUT2D eigenvalue weighted by Crippen LogP contribution is 2.26. The zero-order valence-electron chi connectivity index (χ0n) is 10.4. The van der Waals surface area contributed by atoms with E-state index in [1.807, 2.05) is 36.0 Å². The molecule has 92 valence electrons. The Kier molecular flexibility index (Phi) is 2.45. The van der Waals surface area contributed by atoms with E-state index in [9.17, 15) is 0 Å². The molecule has 2 aromatic heterocycles. The Labute approximate surface area is 105 Å². The fourth-order valence-electron chi connectivity index (χ4n) is 2.14. The topological polar surface area (TPSA) is 57.0 Å². The maximum absolute atomic E-state index is 6.19. The summed E-state index contributed by atoms with van der Waals surface area (Å²) in [4.78, 5) is 4.26. The number of furan rings is 1. The fraction of sp³-hybridized carbons (Fsp3) is 0.214. The van der Waals surface area contributed by atoms with Crippen LogP contribution in [0, 0.1) is 6.92 Å². The van der Waals surface area contributed by atoms with Crippen LogP contribution in [0.5, 0.6) is 0 Å². The van der Waals surface area contributed by atoms with Crippen molar-refractivity contribution < 1.29 is 4.42 Å². The quantitative estimate of drug-likeness (QED) is 0.750. The fourth-order valence-corrected chi connectivity index (χ4v) is 2.14. The van der Waals surface area contributed by atoms with Crippen molar-refractivity contribution in [2.45, 2.75) is 13.0 Å². The van der Waals surface area contributed by atoms with Gasteiger partial charge in [0.1, 0.15) is 23.2 Å². The normalized spacial score (nSPS) is 13.1. The van der Waals surface area contributed by atoms with Crippen molar-refractivity contribution >= 4 is 11.0 Å². The Morgan fingerprint density at radius 3 is 2.89 bits per heavy atom. The third kappa shape index (κ3) is 1.71. The summed E-state index contributed by atoms with van der Waals surface area (Å²) in [5.74, 6) is 1.54. The van der Waals surface area contributed by atoms with Crippen LogP contribution < -0.4 is 5.73 Å². The van der Waals surface area contributed by atoms with Gasteiger partial charge in [-0.15, -0.1) is 0 Å². The smallest absolute Gasteiger partial charge is 0.134 e. The minimum absolute atomic E-state index is 0.335. The number of rotatable bonds is 2. The highest BCUT2D eigenvalue weighted by Gasteiger charge is 2.17. The Balaban J connectivity index is 2.07. The van der Waals surface area contributed by atoms with Crippen molar-refractivity contribution in [1.82, 2.24) is 9.55 Å². The standard InChI is InChI=1S/C14H15N3O/c1-9-3-4-11-10(7-9)8-12(18-11)13(15)14-16-5-6-17(14)2/h3-8,13H,15H2,1-2H3. The van der Waals surface area contributed by atoms with Crippen LogP contribution in [-0.4, -0.2) is 9.55 Å². The molecule has 0 saturated heterocycles. The summed E-state index contributed by atoms with van der Waals surface area (Å²) in [5, 5.41) is 1.08. The van der Waals surface area contributed by atoms with Gasteiger partial charge in [0.2, 0.25) is 0 Å². The molecular weight excluding hydrogens is 226 g/mol. The molecule has 0 amide bonds. The zero-order chi connectivity index (χ0) is 12.7. The summed E-state index contributed by atoms with van der Waals surface area (Å²) in [6.07, 6.45) is 3.62. The van der Waals surface area contributed by atoms with E-state index >= 15 is 0 Å². The highest BCUT2D eigenvalue weighted by molar-refractivity contribution is 5.78. The summed E-state index contributed by atoms with van der Waals surface area (Å²) >= 11 is 0. The number of aryl methyl sites for hydroxylation is 2. The van der Waals surface area contributed by atoms with E-state index in [1.54, 1.807) is 6.20 Å². The largest absolute Gasteiger partial charge is 0.459 e. The van der Waals surface area contributed by atoms with E-state index in [0.29, 0.717) is 0 Å². The van der Waals surface area contributed by atoms with E-state index in [-0.39, 0.29) is 6.04 Å². The van der Waals surface area contributed by atoms with Gasteiger partial charge < -0.3 is 14.7 Å². The zero-order valence-corrected chi connectivity index (χ0v) is 10.4. The number of hydrogen-bond acceptors (Lipinski definition) is 3. The number of benzene rings is 1. The van der Waals surface area contributed by atoms with Crippen LogP contribution >= 0.6 is 0 Å². The number of fused-ring (bicyclic) bond motifs is 1. The second-order valence-corrected chi connectivity index (χ2v) is 4.56. The lowest BCUT2D eigenvalue weighted by molar-refractivity contribution is 0.509. The van der Waals surface area contributed by atoms with Crippen LogP contribution in [0.4, 0.5) is 0 Å². The van der Waals surface area contributed by atoms with Crippen molar-refractivity contribution in [3.63, 3.8) is 0 Å². The van der Waals surface area contributed by atoms with Gasteiger partial charge in [-0.1, -0.05) is 11.6 Å². The van der Waals surface area contributed by atoms with Gasteiger partial charge in [-0.2, -0.15) is 0 Å². The summed E-state index contributed by atoms with van der Waals surface area (Å²) in [7, 11) is 1.93. The van der Waals surface area contributed by atoms with Gasteiger partial charge >= 0.3 is 0 Å². The molecule has 2 heterocycles. The summed E-state index contributed by atoms with van der Waals surface area (Å²) in [6, 6.07) is 7.74. The molecule has 0 bridgehead atoms. The first-order chi connectivity index (χ1) is 8.65. The first kappa shape index (κ1) is 11.0. The molecule has 0 spiro atoms. The molecule has 1 unspecified atom stereocenters. The molecule has 1 aromatic carbocycles. The molecule has 3 rings (SSSR count). The van der Waals surface area contributed by atoms with Crippen LogP contribution in [0.1, 0.15) is 23.2 Å². The predicted molar refractivity (Wildman–Crippen MR) is 70.2 cm³/mol. The van der Waals surface area contributed by atoms with Crippen LogP contribution in [0.2, 0.25) is 0 Å². The number of nitrogens with zero attached hydrogens (tertiary/aromatic N) is 2. The molecule has 4 nitrogen and oxygen atoms in total. The van der Waals surface area contributed by atoms with E-state index in [4.69, 9.17) is 10.2 Å². The van der Waals surface area contributed by atoms with E-state index in [2.05, 4.69) is 18.0 Å². The average Bonchev–Trinajstić information content (AvgIpc) is 2.93. The first-order valence-corrected chi connectivity index (χ1v) is 5.88. The Morgan fingerprint density at radius 1 is 1.33 bits per heavy atom. The van der Waals surface area contributed by atoms with Crippen LogP contribution in [0.15, 0.2) is 41.1 Å². The lowest BCUT2D eigenvalue weighted by Crippen LogP contribution is -2.15. The van der Waals surface area contributed by atoms with Gasteiger partial charge in [-0.25, -0.2) is 4.98 Å². The molecule has 0 aliphatic rings. The van der Waals surface area contributed by atoms with Crippen molar-refractivity contribution in [3.8, 4) is 0 Å². The number of imidazole rings is 1. The minimum atomic E-state index is -0.335. The SMILES string of the molecule is Cc1ccc2oc(C(N)c3nccn3C)cc2c1. The molecule has 0 saturated carbocycles. The van der Waals surface area contributed by atoms with E-state index in [0.717, 1.165) is 22.6 Å². The molecule has 1 atom stereocenters. The van der Waals surface area contributed by atoms with Crippen molar-refractivity contribution in [2.75, 3.05) is 0 Å². The number of nitrogens with two attached hydrogens (primary N) is 1. The van der Waals surface area contributed by atoms with Gasteiger partial charge in [0.05, 0.1) is 0 Å². The summed E-state index contributed by atoms with van der Waals surface area (Å²) in [5.41, 5.74) is 8.26. The number of hydrogen-bond donors (Lipinski definition) is 1. The van der Waals surface area contributed by atoms with Gasteiger partial charge in [-0.05, 0) is 25.1 Å². The highest BCUT2D eigenvalue weighted by atomic mass is 16.3. The Bertz CT molecular complexity index is 696. The first-order valence-electron chi connectivity index (χ1n) is 5.88. The second kappa shape index (κ2) is 3.99. The molecule has 4 heteroatoms. The predicted octanol–water partition coefficient (Wildman–Crippen LogP) is 2.52. The molecule has 0 radical (unpaired) electrons. The molecule has 18 heavy (non-hydrogen) atoms. The van der Waals surface area contributed by atoms with E-state index < -0.39 is 0 Å². The molecular formula is C14H15N3O. The lowest BCUT2D eigenvalue weighted by Gasteiger charge is -2.07. The molecule has 0 aliphatic carbocycles. The number of aromatic nitrogens is 2. The summed E-state index contributed by atoms with van der Waals surface area (Å²) in [6.45, 7) is 2.06. The lowest BCUT2D eigenvalue weighted by atomic mass is 10.1. The molecule has 0 fully saturated rings. The van der Waals surface area contributed by atoms with Crippen LogP contribution in [0.3, 0.4) is 0 Å². The third-order valence-electron chi connectivity index (χ3n) is 3.13. The van der Waals surface area contributed by atoms with Gasteiger partial charge in [-0.3, -0.25) is 0 Å². The Hall–Kier alpha value is -2.07. The third-order valence-corrected chi connectivity index (χ3v) is 3.13. The maximum atomic E-state index is 6.19. The minimum Gasteiger partial charge on any atom is -0.459 e. The van der Waals surface area contributed by atoms with Gasteiger partial charge in [0, 0.05) is 24.8 Å². The average molecular weight is 241 g/mol.